The quantitative estimate of drug-likeness (QED) is 0.865. The Balaban J connectivity index is 1.96. The highest BCUT2D eigenvalue weighted by molar-refractivity contribution is 5.24. The van der Waals surface area contributed by atoms with E-state index in [1.807, 2.05) is 24.5 Å². The maximum absolute atomic E-state index is 4.01. The van der Waals surface area contributed by atoms with E-state index >= 15 is 0 Å². The van der Waals surface area contributed by atoms with Crippen molar-refractivity contribution in [1.82, 2.24) is 10.3 Å². The van der Waals surface area contributed by atoms with E-state index in [1.54, 1.807) is 0 Å². The van der Waals surface area contributed by atoms with Crippen LogP contribution in [0.2, 0.25) is 0 Å². The van der Waals surface area contributed by atoms with Crippen LogP contribution in [0.3, 0.4) is 0 Å². The van der Waals surface area contributed by atoms with Crippen LogP contribution in [0.15, 0.2) is 48.8 Å². The van der Waals surface area contributed by atoms with E-state index in [9.17, 15) is 0 Å². The fraction of sp³-hybridized carbons (Fsp3) is 0.267. The molecular formula is C15H18N2. The van der Waals surface area contributed by atoms with E-state index in [2.05, 4.69) is 48.4 Å². The van der Waals surface area contributed by atoms with Crippen molar-refractivity contribution >= 4 is 0 Å². The minimum absolute atomic E-state index is 0.364. The van der Waals surface area contributed by atoms with Gasteiger partial charge in [0.1, 0.15) is 0 Å². The van der Waals surface area contributed by atoms with Crippen LogP contribution in [0.25, 0.3) is 0 Å². The van der Waals surface area contributed by atoms with Gasteiger partial charge in [0.15, 0.2) is 0 Å². The summed E-state index contributed by atoms with van der Waals surface area (Å²) >= 11 is 0. The summed E-state index contributed by atoms with van der Waals surface area (Å²) in [6, 6.07) is 13.1. The fourth-order valence-electron chi connectivity index (χ4n) is 1.83. The SMILES string of the molecule is Cc1cccc([C@@H](C)NCc2ccncc2)c1. The van der Waals surface area contributed by atoms with E-state index in [0.717, 1.165) is 6.54 Å². The van der Waals surface area contributed by atoms with Gasteiger partial charge in [-0.1, -0.05) is 29.8 Å². The predicted molar refractivity (Wildman–Crippen MR) is 70.7 cm³/mol. The monoisotopic (exact) mass is 226 g/mol. The minimum Gasteiger partial charge on any atom is -0.306 e. The Bertz CT molecular complexity index is 465. The molecule has 2 rings (SSSR count). The van der Waals surface area contributed by atoms with Gasteiger partial charge in [-0.25, -0.2) is 0 Å². The summed E-state index contributed by atoms with van der Waals surface area (Å²) in [7, 11) is 0. The maximum atomic E-state index is 4.01. The molecule has 1 aromatic heterocycles. The Hall–Kier alpha value is -1.67. The Morgan fingerprint density at radius 1 is 1.18 bits per heavy atom. The molecule has 2 aromatic rings. The van der Waals surface area contributed by atoms with E-state index < -0.39 is 0 Å². The van der Waals surface area contributed by atoms with Gasteiger partial charge in [-0.05, 0) is 37.1 Å². The number of benzene rings is 1. The molecule has 17 heavy (non-hydrogen) atoms. The summed E-state index contributed by atoms with van der Waals surface area (Å²) < 4.78 is 0. The van der Waals surface area contributed by atoms with Gasteiger partial charge in [-0.15, -0.1) is 0 Å². The van der Waals surface area contributed by atoms with Crippen LogP contribution < -0.4 is 5.32 Å². The molecule has 1 heterocycles. The van der Waals surface area contributed by atoms with E-state index in [4.69, 9.17) is 0 Å². The first-order valence-corrected chi connectivity index (χ1v) is 5.94. The van der Waals surface area contributed by atoms with Gasteiger partial charge < -0.3 is 5.32 Å². The number of rotatable bonds is 4. The molecule has 1 N–H and O–H groups in total. The largest absolute Gasteiger partial charge is 0.306 e. The smallest absolute Gasteiger partial charge is 0.0295 e. The van der Waals surface area contributed by atoms with Crippen molar-refractivity contribution in [3.05, 3.63) is 65.5 Å². The molecule has 1 aromatic carbocycles. The van der Waals surface area contributed by atoms with Crippen molar-refractivity contribution < 1.29 is 0 Å². The zero-order valence-electron chi connectivity index (χ0n) is 10.4. The van der Waals surface area contributed by atoms with Gasteiger partial charge in [0.25, 0.3) is 0 Å². The van der Waals surface area contributed by atoms with E-state index in [-0.39, 0.29) is 0 Å². The molecule has 1 atom stereocenters. The molecule has 0 fully saturated rings. The van der Waals surface area contributed by atoms with Crippen LogP contribution in [-0.2, 0) is 6.54 Å². The van der Waals surface area contributed by atoms with Crippen LogP contribution in [0.1, 0.15) is 29.7 Å². The van der Waals surface area contributed by atoms with E-state index in [1.165, 1.54) is 16.7 Å². The summed E-state index contributed by atoms with van der Waals surface area (Å²) in [5, 5.41) is 3.51. The van der Waals surface area contributed by atoms with Gasteiger partial charge >= 0.3 is 0 Å². The highest BCUT2D eigenvalue weighted by atomic mass is 14.9. The highest BCUT2D eigenvalue weighted by Gasteiger charge is 2.04. The Morgan fingerprint density at radius 2 is 1.94 bits per heavy atom. The van der Waals surface area contributed by atoms with E-state index in [0.29, 0.717) is 6.04 Å². The standard InChI is InChI=1S/C15H18N2/c1-12-4-3-5-15(10-12)13(2)17-11-14-6-8-16-9-7-14/h3-10,13,17H,11H2,1-2H3/t13-/m1/s1. The first-order chi connectivity index (χ1) is 8.25. The third-order valence-electron chi connectivity index (χ3n) is 2.90. The maximum Gasteiger partial charge on any atom is 0.0295 e. The third-order valence-corrected chi connectivity index (χ3v) is 2.90. The number of hydrogen-bond donors (Lipinski definition) is 1. The molecule has 2 nitrogen and oxygen atoms in total. The van der Waals surface area contributed by atoms with Crippen LogP contribution in [0.5, 0.6) is 0 Å². The molecule has 0 radical (unpaired) electrons. The van der Waals surface area contributed by atoms with Crippen molar-refractivity contribution in [3.8, 4) is 0 Å². The second-order valence-corrected chi connectivity index (χ2v) is 4.37. The molecule has 88 valence electrons. The zero-order valence-corrected chi connectivity index (χ0v) is 10.4. The first kappa shape index (κ1) is 11.8. The molecule has 0 aliphatic heterocycles. The topological polar surface area (TPSA) is 24.9 Å². The van der Waals surface area contributed by atoms with Crippen molar-refractivity contribution in [3.63, 3.8) is 0 Å². The lowest BCUT2D eigenvalue weighted by Crippen LogP contribution is -2.18. The molecule has 0 saturated carbocycles. The molecule has 2 heteroatoms. The Kier molecular flexibility index (Phi) is 3.89. The number of nitrogens with one attached hydrogen (secondary N) is 1. The molecule has 0 spiro atoms. The molecule has 0 aliphatic rings. The summed E-state index contributed by atoms with van der Waals surface area (Å²) in [5.74, 6) is 0. The van der Waals surface area contributed by atoms with Gasteiger partial charge in [0.05, 0.1) is 0 Å². The molecule has 0 bridgehead atoms. The van der Waals surface area contributed by atoms with Gasteiger partial charge in [0, 0.05) is 25.0 Å². The molecule has 0 saturated heterocycles. The first-order valence-electron chi connectivity index (χ1n) is 5.94. The van der Waals surface area contributed by atoms with Gasteiger partial charge in [-0.2, -0.15) is 0 Å². The summed E-state index contributed by atoms with van der Waals surface area (Å²) in [4.78, 5) is 4.01. The average molecular weight is 226 g/mol. The third kappa shape index (κ3) is 3.40. The lowest BCUT2D eigenvalue weighted by Gasteiger charge is -2.14. The number of aromatic nitrogens is 1. The second kappa shape index (κ2) is 5.60. The van der Waals surface area contributed by atoms with Crippen LogP contribution in [0, 0.1) is 6.92 Å². The average Bonchev–Trinajstić information content (AvgIpc) is 2.37. The lowest BCUT2D eigenvalue weighted by molar-refractivity contribution is 0.574. The minimum atomic E-state index is 0.364. The van der Waals surface area contributed by atoms with Crippen molar-refractivity contribution in [2.45, 2.75) is 26.4 Å². The Morgan fingerprint density at radius 3 is 2.65 bits per heavy atom. The van der Waals surface area contributed by atoms with Crippen LogP contribution >= 0.6 is 0 Å². The van der Waals surface area contributed by atoms with Crippen molar-refractivity contribution in [2.24, 2.45) is 0 Å². The van der Waals surface area contributed by atoms with Gasteiger partial charge in [-0.3, -0.25) is 4.98 Å². The predicted octanol–water partition coefficient (Wildman–Crippen LogP) is 3.24. The molecule has 0 unspecified atom stereocenters. The summed E-state index contributed by atoms with van der Waals surface area (Å²) in [5.41, 5.74) is 3.90. The number of pyridine rings is 1. The fourth-order valence-corrected chi connectivity index (χ4v) is 1.83. The van der Waals surface area contributed by atoms with Gasteiger partial charge in [0.2, 0.25) is 0 Å². The van der Waals surface area contributed by atoms with Crippen molar-refractivity contribution in [1.29, 1.82) is 0 Å². The zero-order chi connectivity index (χ0) is 12.1. The Labute approximate surface area is 103 Å². The summed E-state index contributed by atoms with van der Waals surface area (Å²) in [6.45, 7) is 5.19. The lowest BCUT2D eigenvalue weighted by atomic mass is 10.1. The summed E-state index contributed by atoms with van der Waals surface area (Å²) in [6.07, 6.45) is 3.66. The van der Waals surface area contributed by atoms with Crippen LogP contribution in [-0.4, -0.2) is 4.98 Å². The highest BCUT2D eigenvalue weighted by Crippen LogP contribution is 2.14. The number of hydrogen-bond acceptors (Lipinski definition) is 2. The normalized spacial score (nSPS) is 12.4. The molecule has 0 aliphatic carbocycles. The molecule has 0 amide bonds. The van der Waals surface area contributed by atoms with Crippen LogP contribution in [0.4, 0.5) is 0 Å². The molecular weight excluding hydrogens is 208 g/mol. The van der Waals surface area contributed by atoms with Crippen molar-refractivity contribution in [2.75, 3.05) is 0 Å². The number of nitrogens with zero attached hydrogens (tertiary/aromatic N) is 1. The number of aryl methyl sites for hydroxylation is 1. The second-order valence-electron chi connectivity index (χ2n) is 4.37.